The van der Waals surface area contributed by atoms with Gasteiger partial charge in [-0.1, -0.05) is 30.3 Å². The molecule has 0 aliphatic carbocycles. The van der Waals surface area contributed by atoms with E-state index in [4.69, 9.17) is 5.41 Å². The van der Waals surface area contributed by atoms with Crippen molar-refractivity contribution in [3.8, 4) is 0 Å². The first kappa shape index (κ1) is 11.3. The highest BCUT2D eigenvalue weighted by atomic mass is 15.0. The predicted molar refractivity (Wildman–Crippen MR) is 70.8 cm³/mol. The van der Waals surface area contributed by atoms with Gasteiger partial charge in [0, 0.05) is 23.9 Å². The summed E-state index contributed by atoms with van der Waals surface area (Å²) in [6.07, 6.45) is 1.74. The number of nitrogens with one attached hydrogen (secondary N) is 2. The molecule has 2 rings (SSSR count). The highest BCUT2D eigenvalue weighted by Gasteiger charge is 2.09. The summed E-state index contributed by atoms with van der Waals surface area (Å²) in [5.74, 6) is 0.767. The molecule has 0 saturated carbocycles. The molecule has 3 nitrogen and oxygen atoms in total. The van der Waals surface area contributed by atoms with Gasteiger partial charge >= 0.3 is 0 Å². The second-order valence-corrected chi connectivity index (χ2v) is 3.67. The van der Waals surface area contributed by atoms with Crippen LogP contribution in [0.15, 0.2) is 48.7 Å². The largest absolute Gasteiger partial charge is 0.370 e. The average Bonchev–Trinajstić information content (AvgIpc) is 2.40. The molecular formula is C14H15N3. The molecule has 86 valence electrons. The summed E-state index contributed by atoms with van der Waals surface area (Å²) < 4.78 is 0. The second-order valence-electron chi connectivity index (χ2n) is 3.67. The quantitative estimate of drug-likeness (QED) is 0.786. The molecule has 0 unspecified atom stereocenters. The van der Waals surface area contributed by atoms with Crippen molar-refractivity contribution >= 4 is 11.5 Å². The Morgan fingerprint density at radius 3 is 2.65 bits per heavy atom. The molecular weight excluding hydrogens is 210 g/mol. The van der Waals surface area contributed by atoms with Crippen LogP contribution in [0, 0.1) is 5.41 Å². The van der Waals surface area contributed by atoms with Gasteiger partial charge in [0.15, 0.2) is 0 Å². The zero-order valence-corrected chi connectivity index (χ0v) is 9.77. The lowest BCUT2D eigenvalue weighted by atomic mass is 10.0. The summed E-state index contributed by atoms with van der Waals surface area (Å²) in [6.45, 7) is 2.82. The van der Waals surface area contributed by atoms with Crippen LogP contribution in [0.4, 0.5) is 5.82 Å². The standard InChI is InChI=1S/C14H15N3/c1-2-16-14-12(9-6-10-17-14)13(15)11-7-4-3-5-8-11/h3-10,15H,2H2,1H3,(H,16,17). The van der Waals surface area contributed by atoms with Gasteiger partial charge in [0.05, 0.1) is 5.71 Å². The van der Waals surface area contributed by atoms with Gasteiger partial charge in [0.2, 0.25) is 0 Å². The summed E-state index contributed by atoms with van der Waals surface area (Å²) >= 11 is 0. The van der Waals surface area contributed by atoms with E-state index in [-0.39, 0.29) is 0 Å². The third-order valence-electron chi connectivity index (χ3n) is 2.48. The Labute approximate surface area is 101 Å². The fourth-order valence-electron chi connectivity index (χ4n) is 1.68. The zero-order valence-electron chi connectivity index (χ0n) is 9.77. The molecule has 3 heteroatoms. The maximum absolute atomic E-state index is 8.21. The molecule has 0 fully saturated rings. The lowest BCUT2D eigenvalue weighted by molar-refractivity contribution is 1.15. The first-order valence-corrected chi connectivity index (χ1v) is 5.66. The van der Waals surface area contributed by atoms with Crippen molar-refractivity contribution in [3.63, 3.8) is 0 Å². The maximum Gasteiger partial charge on any atom is 0.135 e. The minimum absolute atomic E-state index is 0.495. The Kier molecular flexibility index (Phi) is 3.50. The van der Waals surface area contributed by atoms with Gasteiger partial charge in [-0.25, -0.2) is 4.98 Å². The van der Waals surface area contributed by atoms with Gasteiger partial charge in [-0.15, -0.1) is 0 Å². The summed E-state index contributed by atoms with van der Waals surface area (Å²) in [6, 6.07) is 13.5. The topological polar surface area (TPSA) is 48.8 Å². The molecule has 17 heavy (non-hydrogen) atoms. The average molecular weight is 225 g/mol. The van der Waals surface area contributed by atoms with Crippen LogP contribution in [0.2, 0.25) is 0 Å². The lowest BCUT2D eigenvalue weighted by Crippen LogP contribution is -2.09. The molecule has 0 aliphatic heterocycles. The molecule has 2 N–H and O–H groups in total. The predicted octanol–water partition coefficient (Wildman–Crippen LogP) is 2.93. The number of anilines is 1. The van der Waals surface area contributed by atoms with E-state index in [1.807, 2.05) is 49.4 Å². The highest BCUT2D eigenvalue weighted by molar-refractivity contribution is 6.13. The van der Waals surface area contributed by atoms with E-state index in [1.165, 1.54) is 0 Å². The van der Waals surface area contributed by atoms with E-state index in [0.717, 1.165) is 23.5 Å². The molecule has 1 heterocycles. The van der Waals surface area contributed by atoms with E-state index in [0.29, 0.717) is 5.71 Å². The number of benzene rings is 1. The number of hydrogen-bond donors (Lipinski definition) is 2. The third-order valence-corrected chi connectivity index (χ3v) is 2.48. The molecule has 0 aliphatic rings. The van der Waals surface area contributed by atoms with Gasteiger partial charge in [0.25, 0.3) is 0 Å². The Morgan fingerprint density at radius 1 is 1.18 bits per heavy atom. The second kappa shape index (κ2) is 5.25. The Morgan fingerprint density at radius 2 is 1.94 bits per heavy atom. The molecule has 1 aromatic heterocycles. The Hall–Kier alpha value is -2.16. The van der Waals surface area contributed by atoms with Crippen molar-refractivity contribution in [2.24, 2.45) is 0 Å². The van der Waals surface area contributed by atoms with Crippen molar-refractivity contribution in [3.05, 3.63) is 59.8 Å². The first-order chi connectivity index (χ1) is 8.33. The smallest absolute Gasteiger partial charge is 0.135 e. The number of hydrogen-bond acceptors (Lipinski definition) is 3. The molecule has 2 aromatic rings. The molecule has 0 saturated heterocycles. The number of pyridine rings is 1. The molecule has 0 bridgehead atoms. The fraction of sp³-hybridized carbons (Fsp3) is 0.143. The lowest BCUT2D eigenvalue weighted by Gasteiger charge is -2.10. The summed E-state index contributed by atoms with van der Waals surface area (Å²) in [4.78, 5) is 4.26. The molecule has 0 radical (unpaired) electrons. The maximum atomic E-state index is 8.21. The van der Waals surface area contributed by atoms with Crippen molar-refractivity contribution in [2.45, 2.75) is 6.92 Å². The molecule has 0 spiro atoms. The highest BCUT2D eigenvalue weighted by Crippen LogP contribution is 2.16. The van der Waals surface area contributed by atoms with Crippen molar-refractivity contribution in [1.29, 1.82) is 5.41 Å². The van der Waals surface area contributed by atoms with Crippen molar-refractivity contribution < 1.29 is 0 Å². The molecule has 1 aromatic carbocycles. The van der Waals surface area contributed by atoms with Gasteiger partial charge < -0.3 is 5.32 Å². The van der Waals surface area contributed by atoms with Crippen LogP contribution in [-0.4, -0.2) is 17.2 Å². The van der Waals surface area contributed by atoms with Crippen molar-refractivity contribution in [1.82, 2.24) is 4.98 Å². The van der Waals surface area contributed by atoms with E-state index in [9.17, 15) is 0 Å². The van der Waals surface area contributed by atoms with E-state index < -0.39 is 0 Å². The van der Waals surface area contributed by atoms with E-state index in [1.54, 1.807) is 6.20 Å². The van der Waals surface area contributed by atoms with Crippen LogP contribution in [-0.2, 0) is 0 Å². The minimum atomic E-state index is 0.495. The van der Waals surface area contributed by atoms with Crippen LogP contribution in [0.1, 0.15) is 18.1 Å². The van der Waals surface area contributed by atoms with E-state index in [2.05, 4.69) is 10.3 Å². The van der Waals surface area contributed by atoms with Crippen molar-refractivity contribution in [2.75, 3.05) is 11.9 Å². The van der Waals surface area contributed by atoms with Gasteiger partial charge in [0.1, 0.15) is 5.82 Å². The monoisotopic (exact) mass is 225 g/mol. The SMILES string of the molecule is CCNc1ncccc1C(=N)c1ccccc1. The van der Waals surface area contributed by atoms with E-state index >= 15 is 0 Å². The number of rotatable bonds is 4. The van der Waals surface area contributed by atoms with Crippen LogP contribution >= 0.6 is 0 Å². The molecule has 0 atom stereocenters. The van der Waals surface area contributed by atoms with Gasteiger partial charge in [-0.2, -0.15) is 0 Å². The zero-order chi connectivity index (χ0) is 12.1. The Balaban J connectivity index is 2.37. The summed E-state index contributed by atoms with van der Waals surface area (Å²) in [5.41, 5.74) is 2.23. The van der Waals surface area contributed by atoms with Crippen LogP contribution in [0.3, 0.4) is 0 Å². The first-order valence-electron chi connectivity index (χ1n) is 5.66. The fourth-order valence-corrected chi connectivity index (χ4v) is 1.68. The number of nitrogens with zero attached hydrogens (tertiary/aromatic N) is 1. The minimum Gasteiger partial charge on any atom is -0.370 e. The van der Waals surface area contributed by atoms with Gasteiger partial charge in [-0.05, 0) is 19.1 Å². The summed E-state index contributed by atoms with van der Waals surface area (Å²) in [5, 5.41) is 11.4. The normalized spacial score (nSPS) is 9.94. The Bertz CT molecular complexity index is 506. The summed E-state index contributed by atoms with van der Waals surface area (Å²) in [7, 11) is 0. The van der Waals surface area contributed by atoms with Gasteiger partial charge in [-0.3, -0.25) is 5.41 Å². The molecule has 0 amide bonds. The van der Waals surface area contributed by atoms with Crippen LogP contribution in [0.5, 0.6) is 0 Å². The van der Waals surface area contributed by atoms with Crippen LogP contribution < -0.4 is 5.32 Å². The van der Waals surface area contributed by atoms with Crippen LogP contribution in [0.25, 0.3) is 0 Å². The third kappa shape index (κ3) is 2.50. The number of aromatic nitrogens is 1.